The van der Waals surface area contributed by atoms with Crippen LogP contribution in [0.1, 0.15) is 6.92 Å². The molecule has 0 aliphatic heterocycles. The van der Waals surface area contributed by atoms with E-state index < -0.39 is 5.97 Å². The third-order valence-electron chi connectivity index (χ3n) is 0.1000. The van der Waals surface area contributed by atoms with E-state index in [1.807, 2.05) is 0 Å². The van der Waals surface area contributed by atoms with Crippen LogP contribution in [0.2, 0.25) is 0 Å². The molecule has 0 radical (unpaired) electrons. The standard InChI is InChI=1S/C2H4O2.C2H6O2.Na/c1-2(3)4;3-1-2-4;/h1H3,(H,3,4);3-4H,1-2H2;/q;;+1/p-1. The molecule has 0 bridgehead atoms. The first-order valence-electron chi connectivity index (χ1n) is 2.04. The van der Waals surface area contributed by atoms with E-state index in [0.29, 0.717) is 0 Å². The summed E-state index contributed by atoms with van der Waals surface area (Å²) in [4.78, 5) is 8.89. The number of hydrogen-bond donors (Lipinski definition) is 2. The van der Waals surface area contributed by atoms with Crippen molar-refractivity contribution in [1.29, 1.82) is 0 Å². The van der Waals surface area contributed by atoms with Crippen molar-refractivity contribution in [2.24, 2.45) is 0 Å². The van der Waals surface area contributed by atoms with Crippen LogP contribution in [0.3, 0.4) is 0 Å². The van der Waals surface area contributed by atoms with Gasteiger partial charge in [0.15, 0.2) is 0 Å². The van der Waals surface area contributed by atoms with Crippen molar-refractivity contribution in [3.8, 4) is 0 Å². The van der Waals surface area contributed by atoms with Crippen molar-refractivity contribution in [3.05, 3.63) is 0 Å². The van der Waals surface area contributed by atoms with Crippen molar-refractivity contribution >= 4 is 5.97 Å². The molecule has 0 aliphatic rings. The Morgan fingerprint density at radius 1 is 1.44 bits per heavy atom. The number of carbonyl (C=O) groups excluding carboxylic acids is 1. The third-order valence-corrected chi connectivity index (χ3v) is 0.1000. The van der Waals surface area contributed by atoms with Gasteiger partial charge in [0.2, 0.25) is 0 Å². The maximum absolute atomic E-state index is 8.89. The normalized spacial score (nSPS) is 6.11. The molecule has 0 rings (SSSR count). The van der Waals surface area contributed by atoms with E-state index in [1.165, 1.54) is 0 Å². The summed E-state index contributed by atoms with van der Waals surface area (Å²) in [6, 6.07) is 0. The molecule has 5 heteroatoms. The molecular weight excluding hydrogens is 135 g/mol. The van der Waals surface area contributed by atoms with E-state index >= 15 is 0 Å². The Morgan fingerprint density at radius 3 is 1.56 bits per heavy atom. The molecule has 0 fully saturated rings. The molecule has 0 atom stereocenters. The summed E-state index contributed by atoms with van der Waals surface area (Å²) in [7, 11) is 0. The molecule has 0 aromatic carbocycles. The van der Waals surface area contributed by atoms with Crippen LogP contribution in [0.4, 0.5) is 0 Å². The van der Waals surface area contributed by atoms with Gasteiger partial charge >= 0.3 is 29.6 Å². The molecule has 0 unspecified atom stereocenters. The second-order valence-electron chi connectivity index (χ2n) is 0.939. The summed E-state index contributed by atoms with van der Waals surface area (Å²) < 4.78 is 0. The topological polar surface area (TPSA) is 80.6 Å². The fourth-order valence-electron chi connectivity index (χ4n) is 0. The van der Waals surface area contributed by atoms with Crippen LogP contribution in [-0.4, -0.2) is 29.4 Å². The summed E-state index contributed by atoms with van der Waals surface area (Å²) in [6.07, 6.45) is 0. The molecule has 0 aromatic heterocycles. The minimum atomic E-state index is -1.08. The number of aliphatic carboxylic acids is 1. The van der Waals surface area contributed by atoms with Crippen LogP contribution in [0, 0.1) is 0 Å². The summed E-state index contributed by atoms with van der Waals surface area (Å²) >= 11 is 0. The van der Waals surface area contributed by atoms with Gasteiger partial charge in [-0.25, -0.2) is 0 Å². The van der Waals surface area contributed by atoms with Crippen molar-refractivity contribution in [2.75, 3.05) is 13.2 Å². The van der Waals surface area contributed by atoms with Crippen molar-refractivity contribution in [2.45, 2.75) is 6.92 Å². The molecule has 0 spiro atoms. The predicted molar refractivity (Wildman–Crippen MR) is 24.9 cm³/mol. The molecule has 0 aliphatic carbocycles. The fourth-order valence-corrected chi connectivity index (χ4v) is 0. The molecule has 0 aromatic rings. The summed E-state index contributed by atoms with van der Waals surface area (Å²) in [5.74, 6) is -1.08. The van der Waals surface area contributed by atoms with Gasteiger partial charge < -0.3 is 20.1 Å². The summed E-state index contributed by atoms with van der Waals surface area (Å²) in [6.45, 7) is 0.722. The monoisotopic (exact) mass is 144 g/mol. The molecule has 0 heterocycles. The van der Waals surface area contributed by atoms with Gasteiger partial charge in [0.05, 0.1) is 13.2 Å². The second-order valence-corrected chi connectivity index (χ2v) is 0.939. The molecule has 50 valence electrons. The van der Waals surface area contributed by atoms with Crippen molar-refractivity contribution < 1.29 is 49.7 Å². The van der Waals surface area contributed by atoms with E-state index in [4.69, 9.17) is 20.1 Å². The van der Waals surface area contributed by atoms with Crippen LogP contribution < -0.4 is 34.7 Å². The van der Waals surface area contributed by atoms with Crippen LogP contribution in [0.25, 0.3) is 0 Å². The van der Waals surface area contributed by atoms with Crippen LogP contribution in [-0.2, 0) is 4.79 Å². The number of aliphatic hydroxyl groups excluding tert-OH is 2. The first-order chi connectivity index (χ1) is 3.65. The Bertz CT molecular complexity index is 50.5. The van der Waals surface area contributed by atoms with Crippen LogP contribution >= 0.6 is 0 Å². The Balaban J connectivity index is -0.0000000720. The smallest absolute Gasteiger partial charge is 0.550 e. The molecule has 0 saturated carbocycles. The van der Waals surface area contributed by atoms with Gasteiger partial charge in [0, 0.05) is 5.97 Å². The van der Waals surface area contributed by atoms with E-state index in [9.17, 15) is 0 Å². The zero-order chi connectivity index (χ0) is 6.99. The third kappa shape index (κ3) is 177. The molecule has 9 heavy (non-hydrogen) atoms. The molecular formula is C4H9NaO4. The molecule has 2 N–H and O–H groups in total. The molecule has 4 nitrogen and oxygen atoms in total. The Kier molecular flexibility index (Phi) is 28.4. The zero-order valence-corrected chi connectivity index (χ0v) is 7.63. The van der Waals surface area contributed by atoms with Gasteiger partial charge in [-0.1, -0.05) is 0 Å². The molecule has 0 saturated heterocycles. The minimum Gasteiger partial charge on any atom is -0.550 e. The van der Waals surface area contributed by atoms with E-state index in [-0.39, 0.29) is 42.8 Å². The van der Waals surface area contributed by atoms with Gasteiger partial charge in [-0.05, 0) is 6.92 Å². The van der Waals surface area contributed by atoms with E-state index in [1.54, 1.807) is 0 Å². The maximum Gasteiger partial charge on any atom is 1.00 e. The van der Waals surface area contributed by atoms with Gasteiger partial charge in [-0.2, -0.15) is 0 Å². The van der Waals surface area contributed by atoms with Gasteiger partial charge in [-0.3, -0.25) is 0 Å². The van der Waals surface area contributed by atoms with Crippen molar-refractivity contribution in [3.63, 3.8) is 0 Å². The number of carboxylic acids is 1. The zero-order valence-electron chi connectivity index (χ0n) is 5.63. The largest absolute Gasteiger partial charge is 1.00 e. The van der Waals surface area contributed by atoms with Crippen molar-refractivity contribution in [1.82, 2.24) is 0 Å². The fraction of sp³-hybridized carbons (Fsp3) is 0.750. The van der Waals surface area contributed by atoms with Crippen LogP contribution in [0.5, 0.6) is 0 Å². The number of aliphatic hydroxyl groups is 2. The summed E-state index contributed by atoms with van der Waals surface area (Å²) in [5.41, 5.74) is 0. The predicted octanol–water partition coefficient (Wildman–Crippen LogP) is -5.27. The Labute approximate surface area is 75.8 Å². The first-order valence-corrected chi connectivity index (χ1v) is 2.04. The second kappa shape index (κ2) is 15.8. The number of carboxylic acid groups (broad SMARTS) is 1. The van der Waals surface area contributed by atoms with E-state index in [0.717, 1.165) is 6.92 Å². The number of carbonyl (C=O) groups is 1. The minimum absolute atomic E-state index is 0. The summed E-state index contributed by atoms with van der Waals surface area (Å²) in [5, 5.41) is 24.1. The Hall–Kier alpha value is 0.390. The maximum atomic E-state index is 8.89. The SMILES string of the molecule is CC(=O)[O-].OCCO.[Na+]. The van der Waals surface area contributed by atoms with Crippen LogP contribution in [0.15, 0.2) is 0 Å². The quantitative estimate of drug-likeness (QED) is 0.360. The number of hydrogen-bond acceptors (Lipinski definition) is 4. The number of rotatable bonds is 1. The van der Waals surface area contributed by atoms with Gasteiger partial charge in [0.1, 0.15) is 0 Å². The average molecular weight is 144 g/mol. The van der Waals surface area contributed by atoms with Gasteiger partial charge in [0.25, 0.3) is 0 Å². The average Bonchev–Trinajstić information content (AvgIpc) is 1.65. The first kappa shape index (κ1) is 16.2. The van der Waals surface area contributed by atoms with Gasteiger partial charge in [-0.15, -0.1) is 0 Å². The van der Waals surface area contributed by atoms with E-state index in [2.05, 4.69) is 0 Å². The Morgan fingerprint density at radius 2 is 1.56 bits per heavy atom. The molecule has 0 amide bonds.